The number of nitrogens with zero attached hydrogens (tertiary/aromatic N) is 3. The van der Waals surface area contributed by atoms with Gasteiger partial charge in [-0.1, -0.05) is 103 Å². The maximum atomic E-state index is 12.4. The van der Waals surface area contributed by atoms with E-state index in [0.29, 0.717) is 18.6 Å². The van der Waals surface area contributed by atoms with Gasteiger partial charge in [0.2, 0.25) is 5.82 Å². The minimum absolute atomic E-state index is 0.0352. The van der Waals surface area contributed by atoms with Gasteiger partial charge in [0.25, 0.3) is 6.47 Å². The molecule has 5 aromatic rings. The second kappa shape index (κ2) is 14.1. The standard InChI is InChI=1S/C37H35N5O4/c43-26-46-33(24-27-20-22-38-23-21-27)34-35(42(44)45)36(40-25-39-34)41-32-18-16-31(17-19-32)37(28-10-4-1-5-11-28,29-12-6-2-7-13-29)30-14-8-3-9-15-30/h1-19,25-27,33,38H,20-24H2,(H,39,40,41). The summed E-state index contributed by atoms with van der Waals surface area (Å²) in [4.78, 5) is 31.8. The molecule has 1 saturated heterocycles. The van der Waals surface area contributed by atoms with Crippen LogP contribution in [-0.2, 0) is 14.9 Å². The van der Waals surface area contributed by atoms with Gasteiger partial charge in [-0.2, -0.15) is 0 Å². The highest BCUT2D eigenvalue weighted by Crippen LogP contribution is 2.45. The van der Waals surface area contributed by atoms with Gasteiger partial charge in [0.05, 0.1) is 10.3 Å². The molecule has 0 radical (unpaired) electrons. The average Bonchev–Trinajstić information content (AvgIpc) is 3.11. The summed E-state index contributed by atoms with van der Waals surface area (Å²) in [6.45, 7) is 2.04. The van der Waals surface area contributed by atoms with Crippen LogP contribution in [0.15, 0.2) is 122 Å². The number of piperidine rings is 1. The van der Waals surface area contributed by atoms with E-state index in [9.17, 15) is 14.9 Å². The second-order valence-electron chi connectivity index (χ2n) is 11.4. The molecule has 0 spiro atoms. The van der Waals surface area contributed by atoms with Crippen molar-refractivity contribution in [3.63, 3.8) is 0 Å². The minimum atomic E-state index is -0.852. The minimum Gasteiger partial charge on any atom is -0.458 e. The zero-order chi connectivity index (χ0) is 31.8. The van der Waals surface area contributed by atoms with Crippen LogP contribution in [0.5, 0.6) is 0 Å². The third kappa shape index (κ3) is 6.23. The highest BCUT2D eigenvalue weighted by molar-refractivity contribution is 5.68. The van der Waals surface area contributed by atoms with Crippen LogP contribution in [0.3, 0.4) is 0 Å². The van der Waals surface area contributed by atoms with Crippen LogP contribution in [0.4, 0.5) is 17.2 Å². The smallest absolute Gasteiger partial charge is 0.336 e. The first-order chi connectivity index (χ1) is 22.6. The molecule has 0 aliphatic carbocycles. The summed E-state index contributed by atoms with van der Waals surface area (Å²) >= 11 is 0. The van der Waals surface area contributed by atoms with Crippen molar-refractivity contribution in [1.82, 2.24) is 15.3 Å². The summed E-state index contributed by atoms with van der Waals surface area (Å²) in [5.74, 6) is 0.289. The zero-order valence-electron chi connectivity index (χ0n) is 25.3. The van der Waals surface area contributed by atoms with Gasteiger partial charge >= 0.3 is 5.69 Å². The molecule has 2 heterocycles. The van der Waals surface area contributed by atoms with E-state index in [-0.39, 0.29) is 23.1 Å². The fraction of sp³-hybridized carbons (Fsp3) is 0.216. The largest absolute Gasteiger partial charge is 0.458 e. The molecule has 1 atom stereocenters. The summed E-state index contributed by atoms with van der Waals surface area (Å²) in [6.07, 6.45) is 2.66. The normalized spacial score (nSPS) is 14.3. The van der Waals surface area contributed by atoms with Gasteiger partial charge in [-0.3, -0.25) is 14.9 Å². The first-order valence-electron chi connectivity index (χ1n) is 15.4. The van der Waals surface area contributed by atoms with Crippen LogP contribution in [0.25, 0.3) is 0 Å². The monoisotopic (exact) mass is 613 g/mol. The Morgan fingerprint density at radius 3 is 1.85 bits per heavy atom. The number of rotatable bonds is 12. The van der Waals surface area contributed by atoms with E-state index in [0.717, 1.165) is 48.2 Å². The number of hydrogen-bond acceptors (Lipinski definition) is 8. The van der Waals surface area contributed by atoms with Crippen molar-refractivity contribution in [2.75, 3.05) is 18.4 Å². The predicted octanol–water partition coefficient (Wildman–Crippen LogP) is 7.11. The molecular weight excluding hydrogens is 578 g/mol. The first-order valence-corrected chi connectivity index (χ1v) is 15.4. The number of benzene rings is 4. The van der Waals surface area contributed by atoms with Gasteiger partial charge < -0.3 is 15.4 Å². The van der Waals surface area contributed by atoms with Gasteiger partial charge in [-0.05, 0) is 72.7 Å². The molecule has 46 heavy (non-hydrogen) atoms. The fourth-order valence-corrected chi connectivity index (χ4v) is 6.62. The van der Waals surface area contributed by atoms with E-state index in [1.807, 2.05) is 78.9 Å². The lowest BCUT2D eigenvalue weighted by atomic mass is 9.65. The van der Waals surface area contributed by atoms with Gasteiger partial charge in [0.1, 0.15) is 6.33 Å². The molecule has 0 amide bonds. The molecule has 1 aromatic heterocycles. The lowest BCUT2D eigenvalue weighted by Gasteiger charge is -2.37. The summed E-state index contributed by atoms with van der Waals surface area (Å²) in [7, 11) is 0. The number of nitro groups is 1. The van der Waals surface area contributed by atoms with Crippen molar-refractivity contribution in [3.8, 4) is 0 Å². The maximum absolute atomic E-state index is 12.4. The van der Waals surface area contributed by atoms with E-state index in [2.05, 4.69) is 57.0 Å². The first kappa shape index (κ1) is 30.6. The van der Waals surface area contributed by atoms with Crippen molar-refractivity contribution < 1.29 is 14.5 Å². The van der Waals surface area contributed by atoms with Crippen LogP contribution in [0.2, 0.25) is 0 Å². The van der Waals surface area contributed by atoms with E-state index < -0.39 is 16.4 Å². The number of carbonyl (C=O) groups excluding carboxylic acids is 1. The molecule has 9 heteroatoms. The lowest BCUT2D eigenvalue weighted by Crippen LogP contribution is -2.30. The predicted molar refractivity (Wildman–Crippen MR) is 177 cm³/mol. The Morgan fingerprint density at radius 2 is 1.35 bits per heavy atom. The van der Waals surface area contributed by atoms with Crippen molar-refractivity contribution in [2.45, 2.75) is 30.8 Å². The molecule has 9 nitrogen and oxygen atoms in total. The molecule has 1 fully saturated rings. The van der Waals surface area contributed by atoms with E-state index >= 15 is 0 Å². The van der Waals surface area contributed by atoms with Crippen LogP contribution in [-0.4, -0.2) is 34.5 Å². The SMILES string of the molecule is O=COC(CC1CCNCC1)c1ncnc(Nc2ccc(C(c3ccccc3)(c3ccccc3)c3ccccc3)cc2)c1[N+](=O)[O-]. The number of ether oxygens (including phenoxy) is 1. The van der Waals surface area contributed by atoms with Crippen LogP contribution in [0, 0.1) is 16.0 Å². The second-order valence-corrected chi connectivity index (χ2v) is 11.4. The van der Waals surface area contributed by atoms with Crippen molar-refractivity contribution in [1.29, 1.82) is 0 Å². The molecule has 1 unspecified atom stereocenters. The average molecular weight is 614 g/mol. The van der Waals surface area contributed by atoms with Crippen molar-refractivity contribution in [3.05, 3.63) is 160 Å². The Hall–Kier alpha value is -5.41. The van der Waals surface area contributed by atoms with Gasteiger partial charge in [-0.25, -0.2) is 9.97 Å². The fourth-order valence-electron chi connectivity index (χ4n) is 6.62. The number of nitrogens with one attached hydrogen (secondary N) is 2. The third-order valence-corrected chi connectivity index (χ3v) is 8.77. The van der Waals surface area contributed by atoms with Crippen LogP contribution >= 0.6 is 0 Å². The number of anilines is 2. The highest BCUT2D eigenvalue weighted by Gasteiger charge is 2.38. The Morgan fingerprint density at radius 1 is 0.826 bits per heavy atom. The molecule has 2 N–H and O–H groups in total. The Balaban J connectivity index is 1.39. The van der Waals surface area contributed by atoms with E-state index in [4.69, 9.17) is 4.74 Å². The molecule has 6 rings (SSSR count). The zero-order valence-corrected chi connectivity index (χ0v) is 25.3. The van der Waals surface area contributed by atoms with Crippen LogP contribution < -0.4 is 10.6 Å². The molecule has 232 valence electrons. The van der Waals surface area contributed by atoms with Crippen molar-refractivity contribution in [2.24, 2.45) is 5.92 Å². The molecular formula is C37H35N5O4. The topological polar surface area (TPSA) is 119 Å². The Labute approximate surface area is 267 Å². The summed E-state index contributed by atoms with van der Waals surface area (Å²) in [6, 6.07) is 39.0. The molecule has 0 bridgehead atoms. The van der Waals surface area contributed by atoms with Gasteiger partial charge in [-0.15, -0.1) is 0 Å². The maximum Gasteiger partial charge on any atom is 0.336 e. The Kier molecular flexibility index (Phi) is 9.40. The van der Waals surface area contributed by atoms with E-state index in [1.165, 1.54) is 6.33 Å². The molecule has 1 aliphatic rings. The van der Waals surface area contributed by atoms with E-state index in [1.54, 1.807) is 0 Å². The molecule has 4 aromatic carbocycles. The summed E-state index contributed by atoms with van der Waals surface area (Å²) in [5.41, 5.74) is 4.13. The summed E-state index contributed by atoms with van der Waals surface area (Å²) in [5, 5.41) is 18.9. The number of carbonyl (C=O) groups is 1. The Bertz CT molecular complexity index is 1650. The molecule has 0 saturated carbocycles. The molecule has 1 aliphatic heterocycles. The van der Waals surface area contributed by atoms with Crippen LogP contribution in [0.1, 0.15) is 53.3 Å². The highest BCUT2D eigenvalue weighted by atomic mass is 16.6. The van der Waals surface area contributed by atoms with Gasteiger partial charge in [0, 0.05) is 5.69 Å². The quantitative estimate of drug-likeness (QED) is 0.0661. The van der Waals surface area contributed by atoms with Crippen molar-refractivity contribution >= 4 is 23.7 Å². The number of hydrogen-bond donors (Lipinski definition) is 2. The lowest BCUT2D eigenvalue weighted by molar-refractivity contribution is -0.385. The van der Waals surface area contributed by atoms with Gasteiger partial charge in [0.15, 0.2) is 11.8 Å². The number of aromatic nitrogens is 2. The summed E-state index contributed by atoms with van der Waals surface area (Å²) < 4.78 is 5.38. The third-order valence-electron chi connectivity index (χ3n) is 8.77.